The molecule has 5 N–H and O–H groups in total. The van der Waals surface area contributed by atoms with Crippen molar-refractivity contribution in [2.45, 2.75) is 0 Å². The number of benzene rings is 4. The van der Waals surface area contributed by atoms with Gasteiger partial charge >= 0.3 is 10.4 Å². The molecule has 0 aliphatic rings. The van der Waals surface area contributed by atoms with Crippen molar-refractivity contribution in [2.75, 3.05) is 0 Å². The van der Waals surface area contributed by atoms with E-state index in [1.807, 2.05) is 72.8 Å². The van der Waals surface area contributed by atoms with Gasteiger partial charge < -0.3 is 10.9 Å². The molecule has 0 unspecified atom stereocenters. The second-order valence-corrected chi connectivity index (χ2v) is 8.01. The molecule has 4 aromatic rings. The highest BCUT2D eigenvalue weighted by atomic mass is 32.3. The van der Waals surface area contributed by atoms with Crippen molar-refractivity contribution in [1.82, 2.24) is 6.15 Å². The molecule has 0 aliphatic heterocycles. The van der Waals surface area contributed by atoms with Gasteiger partial charge in [-0.05, 0) is 23.3 Å². The predicted octanol–water partition coefficient (Wildman–Crippen LogP) is 7.33. The first-order valence-electron chi connectivity index (χ1n) is 10.4. The molecule has 0 aliphatic carbocycles. The lowest BCUT2D eigenvalue weighted by molar-refractivity contribution is 0.381. The molecule has 0 atom stereocenters. The van der Waals surface area contributed by atoms with E-state index in [1.54, 1.807) is 0 Å². The van der Waals surface area contributed by atoms with Crippen LogP contribution in [0.1, 0.15) is 22.3 Å². The van der Waals surface area contributed by atoms with Crippen LogP contribution in [0.25, 0.3) is 24.3 Å². The van der Waals surface area contributed by atoms with Crippen molar-refractivity contribution in [2.24, 2.45) is 0 Å². The van der Waals surface area contributed by atoms with E-state index < -0.39 is 10.4 Å². The average molecular weight is 490 g/mol. The second-order valence-electron chi connectivity index (χ2n) is 7.11. The minimum atomic E-state index is -4.67. The van der Waals surface area contributed by atoms with Gasteiger partial charge in [0.15, 0.2) is 0 Å². The number of rotatable bonds is 6. The molecular formula is C28H27NO5S. The molecule has 7 heteroatoms. The van der Waals surface area contributed by atoms with Gasteiger partial charge in [0.1, 0.15) is 11.5 Å². The van der Waals surface area contributed by atoms with Gasteiger partial charge in [-0.1, -0.05) is 121 Å². The highest BCUT2D eigenvalue weighted by Gasteiger charge is 2.05. The molecule has 0 saturated carbocycles. The summed E-state index contributed by atoms with van der Waals surface area (Å²) in [6.45, 7) is 0. The van der Waals surface area contributed by atoms with Crippen LogP contribution in [-0.4, -0.2) is 17.5 Å². The lowest BCUT2D eigenvalue weighted by Crippen LogP contribution is -1.89. The Bertz CT molecular complexity index is 1250. The molecule has 0 aromatic heterocycles. The third kappa shape index (κ3) is 10.2. The zero-order valence-corrected chi connectivity index (χ0v) is 19.8. The fraction of sp³-hybridized carbons (Fsp3) is 0. The minimum Gasteiger partial charge on any atom is -0.456 e. The SMILES string of the molecule is C(=Cc1ccccc1Oc1ccccc1C=Cc1ccccc1)c1ccccc1.N.O=S(=O)(O)O. The molecule has 6 nitrogen and oxygen atoms in total. The van der Waals surface area contributed by atoms with Gasteiger partial charge in [-0.25, -0.2) is 0 Å². The summed E-state index contributed by atoms with van der Waals surface area (Å²) in [6.07, 6.45) is 8.38. The Hall–Kier alpha value is -4.01. The van der Waals surface area contributed by atoms with Crippen LogP contribution in [0.3, 0.4) is 0 Å². The Balaban J connectivity index is 0.000000656. The predicted molar refractivity (Wildman–Crippen MR) is 143 cm³/mol. The summed E-state index contributed by atoms with van der Waals surface area (Å²) >= 11 is 0. The maximum absolute atomic E-state index is 8.74. The molecule has 0 radical (unpaired) electrons. The Morgan fingerprint density at radius 3 is 1.20 bits per heavy atom. The van der Waals surface area contributed by atoms with Crippen LogP contribution in [-0.2, 0) is 10.4 Å². The van der Waals surface area contributed by atoms with Gasteiger partial charge in [0.25, 0.3) is 0 Å². The fourth-order valence-corrected chi connectivity index (χ4v) is 3.04. The Kier molecular flexibility index (Phi) is 10.6. The van der Waals surface area contributed by atoms with E-state index in [1.165, 1.54) is 0 Å². The van der Waals surface area contributed by atoms with E-state index in [0.29, 0.717) is 0 Å². The number of hydrogen-bond acceptors (Lipinski definition) is 4. The summed E-state index contributed by atoms with van der Waals surface area (Å²) in [5.41, 5.74) is 4.40. The first-order valence-corrected chi connectivity index (χ1v) is 11.8. The molecule has 4 rings (SSSR count). The lowest BCUT2D eigenvalue weighted by Gasteiger charge is -2.11. The molecule has 35 heavy (non-hydrogen) atoms. The average Bonchev–Trinajstić information content (AvgIpc) is 2.83. The summed E-state index contributed by atoms with van der Waals surface area (Å²) in [7, 11) is -4.67. The highest BCUT2D eigenvalue weighted by Crippen LogP contribution is 2.30. The number of hydrogen-bond donors (Lipinski definition) is 3. The molecular weight excluding hydrogens is 462 g/mol. The summed E-state index contributed by atoms with van der Waals surface area (Å²) in [5.74, 6) is 1.67. The molecule has 0 spiro atoms. The number of ether oxygens (including phenoxy) is 1. The monoisotopic (exact) mass is 489 g/mol. The molecule has 0 fully saturated rings. The summed E-state index contributed by atoms with van der Waals surface area (Å²) < 4.78 is 37.9. The van der Waals surface area contributed by atoms with Gasteiger partial charge in [0, 0.05) is 11.1 Å². The van der Waals surface area contributed by atoms with Crippen LogP contribution < -0.4 is 10.9 Å². The maximum atomic E-state index is 8.74. The van der Waals surface area contributed by atoms with Crippen LogP contribution in [0.2, 0.25) is 0 Å². The van der Waals surface area contributed by atoms with E-state index in [2.05, 4.69) is 60.7 Å². The molecule has 0 heterocycles. The van der Waals surface area contributed by atoms with Crippen molar-refractivity contribution in [3.8, 4) is 11.5 Å². The normalized spacial score (nSPS) is 10.9. The van der Waals surface area contributed by atoms with E-state index in [4.69, 9.17) is 22.3 Å². The van der Waals surface area contributed by atoms with E-state index in [0.717, 1.165) is 33.8 Å². The molecule has 0 bridgehead atoms. The Morgan fingerprint density at radius 2 is 0.829 bits per heavy atom. The Labute approximate surface area is 206 Å². The van der Waals surface area contributed by atoms with E-state index in [-0.39, 0.29) is 6.15 Å². The van der Waals surface area contributed by atoms with Crippen molar-refractivity contribution >= 4 is 34.7 Å². The summed E-state index contributed by atoms with van der Waals surface area (Å²) in [5, 5.41) is 0. The fourth-order valence-electron chi connectivity index (χ4n) is 3.04. The van der Waals surface area contributed by atoms with Crippen LogP contribution in [0.4, 0.5) is 0 Å². The molecule has 0 amide bonds. The third-order valence-electron chi connectivity index (χ3n) is 4.57. The summed E-state index contributed by atoms with van der Waals surface area (Å²) in [4.78, 5) is 0. The topological polar surface area (TPSA) is 119 Å². The zero-order chi connectivity index (χ0) is 24.2. The quantitative estimate of drug-likeness (QED) is 0.193. The standard InChI is InChI=1S/C28H22O.H3N.H2O4S/c1-3-11-23(12-4-1)19-21-25-15-7-9-17-27(25)29-28-18-10-8-16-26(28)22-20-24-13-5-2-6-14-24;;1-5(2,3)4/h1-22H;1H3;(H2,1,2,3,4). The van der Waals surface area contributed by atoms with E-state index >= 15 is 0 Å². The first-order chi connectivity index (χ1) is 16.4. The molecule has 4 aromatic carbocycles. The molecule has 0 saturated heterocycles. The molecule has 180 valence electrons. The van der Waals surface area contributed by atoms with Crippen LogP contribution >= 0.6 is 0 Å². The first kappa shape index (κ1) is 27.2. The van der Waals surface area contributed by atoms with Gasteiger partial charge in [-0.15, -0.1) is 0 Å². The smallest absolute Gasteiger partial charge is 0.394 e. The van der Waals surface area contributed by atoms with Gasteiger partial charge in [-0.2, -0.15) is 8.42 Å². The second kappa shape index (κ2) is 13.6. The van der Waals surface area contributed by atoms with Gasteiger partial charge in [0.2, 0.25) is 0 Å². The maximum Gasteiger partial charge on any atom is 0.394 e. The largest absolute Gasteiger partial charge is 0.456 e. The van der Waals surface area contributed by atoms with E-state index in [9.17, 15) is 0 Å². The third-order valence-corrected chi connectivity index (χ3v) is 4.57. The van der Waals surface area contributed by atoms with Crippen LogP contribution in [0.5, 0.6) is 11.5 Å². The van der Waals surface area contributed by atoms with Crippen molar-refractivity contribution in [3.63, 3.8) is 0 Å². The van der Waals surface area contributed by atoms with Crippen LogP contribution in [0.15, 0.2) is 109 Å². The van der Waals surface area contributed by atoms with Crippen molar-refractivity contribution < 1.29 is 22.3 Å². The van der Waals surface area contributed by atoms with Gasteiger partial charge in [-0.3, -0.25) is 9.11 Å². The highest BCUT2D eigenvalue weighted by molar-refractivity contribution is 7.79. The minimum absolute atomic E-state index is 0. The Morgan fingerprint density at radius 1 is 0.514 bits per heavy atom. The summed E-state index contributed by atoms with van der Waals surface area (Å²) in [6, 6.07) is 36.7. The van der Waals surface area contributed by atoms with Crippen molar-refractivity contribution in [3.05, 3.63) is 131 Å². The van der Waals surface area contributed by atoms with Crippen LogP contribution in [0, 0.1) is 0 Å². The zero-order valence-electron chi connectivity index (χ0n) is 18.9. The number of para-hydroxylation sites is 2. The lowest BCUT2D eigenvalue weighted by atomic mass is 10.1. The van der Waals surface area contributed by atoms with Crippen molar-refractivity contribution in [1.29, 1.82) is 0 Å². The van der Waals surface area contributed by atoms with Gasteiger partial charge in [0.05, 0.1) is 0 Å².